The topological polar surface area (TPSA) is 44.5 Å². The Kier molecular flexibility index (Phi) is 5.45. The van der Waals surface area contributed by atoms with Gasteiger partial charge < -0.3 is 14.1 Å². The van der Waals surface area contributed by atoms with E-state index in [-0.39, 0.29) is 22.3 Å². The van der Waals surface area contributed by atoms with Crippen LogP contribution in [-0.4, -0.2) is 46.3 Å². The van der Waals surface area contributed by atoms with E-state index in [1.807, 2.05) is 0 Å². The Morgan fingerprint density at radius 3 is 1.73 bits per heavy atom. The van der Waals surface area contributed by atoms with Crippen LogP contribution in [0.3, 0.4) is 0 Å². The van der Waals surface area contributed by atoms with Crippen LogP contribution in [0.5, 0.6) is 0 Å². The van der Waals surface area contributed by atoms with Crippen molar-refractivity contribution in [2.75, 3.05) is 6.54 Å². The first kappa shape index (κ1) is 19.9. The molecule has 0 N–H and O–H groups in total. The van der Waals surface area contributed by atoms with E-state index in [2.05, 4.69) is 67.7 Å². The summed E-state index contributed by atoms with van der Waals surface area (Å²) in [5, 5.41) is 12.1. The molecular weight excluding hydrogens is 310 g/mol. The molecule has 1 heterocycles. The molecule has 6 heteroatoms. The quantitative estimate of drug-likeness (QED) is 0.432. The summed E-state index contributed by atoms with van der Waals surface area (Å²) in [6.07, 6.45) is 1.30. The fourth-order valence-corrected chi connectivity index (χ4v) is 4.45. The van der Waals surface area contributed by atoms with Crippen molar-refractivity contribution >= 4 is 22.8 Å². The van der Waals surface area contributed by atoms with Gasteiger partial charge in [-0.25, -0.2) is 4.74 Å². The highest BCUT2D eigenvalue weighted by molar-refractivity contribution is 6.74. The second kappa shape index (κ2) is 6.03. The molecule has 22 heavy (non-hydrogen) atoms. The van der Waals surface area contributed by atoms with E-state index in [0.717, 1.165) is 4.74 Å². The molecule has 0 amide bonds. The van der Waals surface area contributed by atoms with Crippen LogP contribution < -0.4 is 0 Å². The molecule has 0 saturated heterocycles. The first-order chi connectivity index (χ1) is 9.57. The Bertz CT molecular complexity index is 434. The molecule has 0 unspecified atom stereocenters. The van der Waals surface area contributed by atoms with Gasteiger partial charge in [0, 0.05) is 0 Å². The molecule has 0 bridgehead atoms. The summed E-state index contributed by atoms with van der Waals surface area (Å²) < 4.78 is 13.9. The van der Waals surface area contributed by atoms with Crippen LogP contribution in [0.15, 0.2) is 0 Å². The van der Waals surface area contributed by atoms with Crippen LogP contribution in [0.4, 0.5) is 0 Å². The van der Waals surface area contributed by atoms with E-state index in [0.29, 0.717) is 6.54 Å². The predicted octanol–water partition coefficient (Wildman–Crippen LogP) is 4.36. The zero-order chi connectivity index (χ0) is 17.6. The average Bonchev–Trinajstić information content (AvgIpc) is 2.53. The zero-order valence-corrected chi connectivity index (χ0v) is 18.1. The van der Waals surface area contributed by atoms with Crippen LogP contribution >= 0.6 is 0 Å². The number of hydrogen-bond donors (Lipinski definition) is 0. The number of hydrogen-bond acceptors (Lipinski definition) is 3. The second-order valence-electron chi connectivity index (χ2n) is 9.51. The fraction of sp³-hybridized carbons (Fsp3) is 0.938. The SMILES string of the molecule is CC(C)(C)[Si](C)(C)O[C@H]1C=[N+]([O-])C[C@@H]1O[Si](C)(C)C(C)(C)C. The van der Waals surface area contributed by atoms with Gasteiger partial charge in [0.2, 0.25) is 0 Å². The van der Waals surface area contributed by atoms with Gasteiger partial charge in [0.1, 0.15) is 6.10 Å². The number of rotatable bonds is 4. The van der Waals surface area contributed by atoms with Crippen LogP contribution in [0.1, 0.15) is 41.5 Å². The third-order valence-corrected chi connectivity index (χ3v) is 14.5. The lowest BCUT2D eigenvalue weighted by atomic mass is 10.2. The fourth-order valence-electron chi connectivity index (χ4n) is 1.88. The maximum absolute atomic E-state index is 11.9. The standard InChI is InChI=1S/C16H35NO3Si2/c1-15(2,3)21(7,8)19-13-11-17(18)12-14(13)20-22(9,10)16(4,5)6/h11,13-14H,12H2,1-10H3/t13-,14-/m0/s1. The minimum absolute atomic E-state index is 0.124. The summed E-state index contributed by atoms with van der Waals surface area (Å²) in [6.45, 7) is 22.6. The molecule has 4 nitrogen and oxygen atoms in total. The van der Waals surface area contributed by atoms with Gasteiger partial charge in [-0.2, -0.15) is 0 Å². The Labute approximate surface area is 138 Å². The van der Waals surface area contributed by atoms with Gasteiger partial charge in [-0.15, -0.1) is 0 Å². The largest absolute Gasteiger partial charge is 0.624 e. The minimum Gasteiger partial charge on any atom is -0.624 e. The summed E-state index contributed by atoms with van der Waals surface area (Å²) >= 11 is 0. The summed E-state index contributed by atoms with van der Waals surface area (Å²) in [4.78, 5) is 0. The predicted molar refractivity (Wildman–Crippen MR) is 98.7 cm³/mol. The maximum atomic E-state index is 11.9. The molecule has 0 aromatic heterocycles. The molecule has 0 aliphatic carbocycles. The molecule has 2 atom stereocenters. The monoisotopic (exact) mass is 345 g/mol. The van der Waals surface area contributed by atoms with Crippen molar-refractivity contribution in [1.82, 2.24) is 0 Å². The third kappa shape index (κ3) is 4.43. The Morgan fingerprint density at radius 1 is 0.909 bits per heavy atom. The number of hydroxylamine groups is 1. The van der Waals surface area contributed by atoms with E-state index in [4.69, 9.17) is 8.85 Å². The van der Waals surface area contributed by atoms with Crippen molar-refractivity contribution in [2.24, 2.45) is 0 Å². The van der Waals surface area contributed by atoms with Crippen LogP contribution in [0.2, 0.25) is 36.3 Å². The Morgan fingerprint density at radius 2 is 1.32 bits per heavy atom. The van der Waals surface area contributed by atoms with Crippen molar-refractivity contribution in [2.45, 2.75) is 90.0 Å². The van der Waals surface area contributed by atoms with Crippen LogP contribution in [0, 0.1) is 5.21 Å². The van der Waals surface area contributed by atoms with E-state index < -0.39 is 16.6 Å². The van der Waals surface area contributed by atoms with E-state index in [9.17, 15) is 5.21 Å². The summed E-state index contributed by atoms with van der Waals surface area (Å²) in [5.74, 6) is 0. The molecule has 0 spiro atoms. The lowest BCUT2D eigenvalue weighted by Gasteiger charge is -2.41. The van der Waals surface area contributed by atoms with Crippen molar-refractivity contribution in [3.8, 4) is 0 Å². The Balaban J connectivity index is 2.90. The molecule has 1 aliphatic rings. The minimum atomic E-state index is -1.92. The van der Waals surface area contributed by atoms with Gasteiger partial charge in [0.25, 0.3) is 0 Å². The van der Waals surface area contributed by atoms with Gasteiger partial charge in [-0.05, 0) is 36.3 Å². The molecule has 1 aliphatic heterocycles. The molecule has 0 saturated carbocycles. The maximum Gasteiger partial charge on any atom is 0.193 e. The van der Waals surface area contributed by atoms with Crippen LogP contribution in [0.25, 0.3) is 0 Å². The molecule has 0 radical (unpaired) electrons. The smallest absolute Gasteiger partial charge is 0.193 e. The first-order valence-electron chi connectivity index (χ1n) is 8.21. The van der Waals surface area contributed by atoms with E-state index >= 15 is 0 Å². The average molecular weight is 346 g/mol. The highest BCUT2D eigenvalue weighted by Crippen LogP contribution is 2.40. The van der Waals surface area contributed by atoms with Gasteiger partial charge >= 0.3 is 0 Å². The normalized spacial score (nSPS) is 24.5. The third-order valence-electron chi connectivity index (χ3n) is 5.53. The molecule has 130 valence electrons. The summed E-state index contributed by atoms with van der Waals surface area (Å²) in [7, 11) is -3.84. The lowest BCUT2D eigenvalue weighted by Crippen LogP contribution is -2.51. The van der Waals surface area contributed by atoms with Gasteiger partial charge in [0.15, 0.2) is 35.5 Å². The number of nitrogens with zero attached hydrogens (tertiary/aromatic N) is 1. The molecule has 1 rings (SSSR count). The zero-order valence-electron chi connectivity index (χ0n) is 16.1. The van der Waals surface area contributed by atoms with E-state index in [1.165, 1.54) is 0 Å². The lowest BCUT2D eigenvalue weighted by molar-refractivity contribution is -0.451. The Hall–Kier alpha value is -0.176. The van der Waals surface area contributed by atoms with Crippen LogP contribution in [-0.2, 0) is 8.85 Å². The highest BCUT2D eigenvalue weighted by Gasteiger charge is 2.47. The molecular formula is C16H35NO3Si2. The van der Waals surface area contributed by atoms with Gasteiger partial charge in [-0.1, -0.05) is 41.5 Å². The van der Waals surface area contributed by atoms with Gasteiger partial charge in [-0.3, -0.25) is 0 Å². The van der Waals surface area contributed by atoms with Crippen molar-refractivity contribution in [1.29, 1.82) is 0 Å². The van der Waals surface area contributed by atoms with E-state index in [1.54, 1.807) is 6.21 Å². The van der Waals surface area contributed by atoms with Crippen molar-refractivity contribution in [3.05, 3.63) is 5.21 Å². The molecule has 0 fully saturated rings. The second-order valence-corrected chi connectivity index (χ2v) is 19.0. The highest BCUT2D eigenvalue weighted by atomic mass is 28.4. The van der Waals surface area contributed by atoms with Crippen molar-refractivity contribution in [3.63, 3.8) is 0 Å². The first-order valence-corrected chi connectivity index (χ1v) is 14.0. The van der Waals surface area contributed by atoms with Gasteiger partial charge in [0.05, 0.1) is 0 Å². The summed E-state index contributed by atoms with van der Waals surface area (Å²) in [5.41, 5.74) is 0. The molecule has 0 aromatic rings. The summed E-state index contributed by atoms with van der Waals surface area (Å²) in [6, 6.07) is 0. The van der Waals surface area contributed by atoms with Crippen molar-refractivity contribution < 1.29 is 13.6 Å². The molecule has 0 aromatic carbocycles.